The number of carbonyl (C=O) groups excluding carboxylic acids is 1. The molecule has 0 aromatic heterocycles. The molecule has 19 heavy (non-hydrogen) atoms. The van der Waals surface area contributed by atoms with Crippen molar-refractivity contribution < 1.29 is 19.4 Å². The summed E-state index contributed by atoms with van der Waals surface area (Å²) in [6, 6.07) is 0. The minimum absolute atomic E-state index is 0.0143. The zero-order valence-corrected chi connectivity index (χ0v) is 12.2. The molecular weight excluding hydrogens is 268 g/mol. The van der Waals surface area contributed by atoms with Gasteiger partial charge in [-0.2, -0.15) is 0 Å². The lowest BCUT2D eigenvalue weighted by Gasteiger charge is -2.21. The largest absolute Gasteiger partial charge is 0.481 e. The van der Waals surface area contributed by atoms with Gasteiger partial charge in [0.05, 0.1) is 18.1 Å². The normalized spacial score (nSPS) is 17.2. The van der Waals surface area contributed by atoms with Crippen molar-refractivity contribution in [1.82, 2.24) is 9.80 Å². The maximum absolute atomic E-state index is 11.9. The zero-order chi connectivity index (χ0) is 14.1. The van der Waals surface area contributed by atoms with Gasteiger partial charge < -0.3 is 14.7 Å². The molecule has 1 N–H and O–H groups in total. The van der Waals surface area contributed by atoms with Gasteiger partial charge in [-0.05, 0) is 13.0 Å². The van der Waals surface area contributed by atoms with Crippen molar-refractivity contribution in [2.24, 2.45) is 0 Å². The molecule has 1 aliphatic rings. The third-order valence-corrected chi connectivity index (χ3v) is 3.91. The van der Waals surface area contributed by atoms with Crippen molar-refractivity contribution in [1.29, 1.82) is 0 Å². The van der Waals surface area contributed by atoms with E-state index in [4.69, 9.17) is 9.84 Å². The molecule has 1 amide bonds. The number of ether oxygens (including phenoxy) is 1. The third kappa shape index (κ3) is 6.79. The van der Waals surface area contributed by atoms with Gasteiger partial charge in [-0.15, -0.1) is 11.8 Å². The summed E-state index contributed by atoms with van der Waals surface area (Å²) in [6.45, 7) is 4.93. The van der Waals surface area contributed by atoms with Gasteiger partial charge >= 0.3 is 5.97 Å². The molecule has 0 aromatic rings. The number of nitrogens with zero attached hydrogens (tertiary/aromatic N) is 2. The van der Waals surface area contributed by atoms with E-state index in [1.54, 1.807) is 7.11 Å². The molecule has 6 nitrogen and oxygen atoms in total. The molecule has 0 bridgehead atoms. The lowest BCUT2D eigenvalue weighted by Crippen LogP contribution is -2.37. The lowest BCUT2D eigenvalue weighted by atomic mass is 10.4. The van der Waals surface area contributed by atoms with Crippen LogP contribution in [0.4, 0.5) is 0 Å². The molecule has 1 heterocycles. The molecule has 0 radical (unpaired) electrons. The molecule has 0 spiro atoms. The Balaban J connectivity index is 2.27. The number of methoxy groups -OCH3 is 1. The van der Waals surface area contributed by atoms with E-state index in [9.17, 15) is 9.59 Å². The van der Waals surface area contributed by atoms with Gasteiger partial charge in [0.2, 0.25) is 5.91 Å². The van der Waals surface area contributed by atoms with E-state index in [2.05, 4.69) is 4.90 Å². The summed E-state index contributed by atoms with van der Waals surface area (Å²) in [5.74, 6) is -0.594. The average molecular weight is 290 g/mol. The summed E-state index contributed by atoms with van der Waals surface area (Å²) in [5.41, 5.74) is 0. The van der Waals surface area contributed by atoms with E-state index >= 15 is 0 Å². The van der Waals surface area contributed by atoms with E-state index in [-0.39, 0.29) is 17.4 Å². The van der Waals surface area contributed by atoms with Crippen molar-refractivity contribution >= 4 is 23.6 Å². The number of carbonyl (C=O) groups is 2. The molecule has 0 aromatic carbocycles. The maximum Gasteiger partial charge on any atom is 0.313 e. The Hall–Kier alpha value is -0.790. The topological polar surface area (TPSA) is 70.1 Å². The van der Waals surface area contributed by atoms with Gasteiger partial charge in [-0.1, -0.05) is 0 Å². The second-order valence-electron chi connectivity index (χ2n) is 4.46. The van der Waals surface area contributed by atoms with Crippen LogP contribution in [0.3, 0.4) is 0 Å². The van der Waals surface area contributed by atoms with Crippen molar-refractivity contribution in [2.45, 2.75) is 6.42 Å². The minimum Gasteiger partial charge on any atom is -0.481 e. The fourth-order valence-electron chi connectivity index (χ4n) is 1.98. The van der Waals surface area contributed by atoms with Crippen molar-refractivity contribution in [3.63, 3.8) is 0 Å². The second-order valence-corrected chi connectivity index (χ2v) is 5.44. The Morgan fingerprint density at radius 2 is 2.00 bits per heavy atom. The van der Waals surface area contributed by atoms with Crippen molar-refractivity contribution in [3.05, 3.63) is 0 Å². The van der Waals surface area contributed by atoms with Gasteiger partial charge in [0, 0.05) is 33.3 Å². The Kier molecular flexibility index (Phi) is 7.85. The summed E-state index contributed by atoms with van der Waals surface area (Å²) >= 11 is 1.16. The van der Waals surface area contributed by atoms with Crippen molar-refractivity contribution in [3.8, 4) is 0 Å². The highest BCUT2D eigenvalue weighted by atomic mass is 32.2. The predicted molar refractivity (Wildman–Crippen MR) is 74.5 cm³/mol. The fraction of sp³-hybridized carbons (Fsp3) is 0.833. The van der Waals surface area contributed by atoms with Gasteiger partial charge in [0.25, 0.3) is 0 Å². The van der Waals surface area contributed by atoms with Crippen LogP contribution in [-0.2, 0) is 14.3 Å². The first-order valence-corrected chi connectivity index (χ1v) is 7.57. The maximum atomic E-state index is 11.9. The number of thioether (sulfide) groups is 1. The number of hydrogen-bond donors (Lipinski definition) is 1. The predicted octanol–water partition coefficient (Wildman–Crippen LogP) is -0.0151. The zero-order valence-electron chi connectivity index (χ0n) is 11.3. The molecule has 0 unspecified atom stereocenters. The highest BCUT2D eigenvalue weighted by molar-refractivity contribution is 8.00. The molecule has 0 atom stereocenters. The summed E-state index contributed by atoms with van der Waals surface area (Å²) in [5, 5.41) is 8.53. The quantitative estimate of drug-likeness (QED) is 0.711. The Morgan fingerprint density at radius 1 is 1.21 bits per heavy atom. The number of hydrogen-bond acceptors (Lipinski definition) is 5. The van der Waals surface area contributed by atoms with E-state index in [1.807, 2.05) is 4.90 Å². The Bertz CT molecular complexity index is 301. The number of carboxylic acids is 1. The van der Waals surface area contributed by atoms with Crippen LogP contribution in [0.2, 0.25) is 0 Å². The summed E-state index contributed by atoms with van der Waals surface area (Å²) in [4.78, 5) is 26.4. The van der Waals surface area contributed by atoms with Crippen LogP contribution in [0.25, 0.3) is 0 Å². The third-order valence-electron chi connectivity index (χ3n) is 3.00. The van der Waals surface area contributed by atoms with Crippen LogP contribution in [0.1, 0.15) is 6.42 Å². The SMILES string of the molecule is COCCN1CCCN(C(=O)CSCC(=O)O)CC1. The fourth-order valence-corrected chi connectivity index (χ4v) is 2.62. The first kappa shape index (κ1) is 16.3. The highest BCUT2D eigenvalue weighted by Crippen LogP contribution is 2.07. The monoisotopic (exact) mass is 290 g/mol. The molecule has 1 aliphatic heterocycles. The Labute approximate surface area is 118 Å². The van der Waals surface area contributed by atoms with Crippen LogP contribution >= 0.6 is 11.8 Å². The molecule has 7 heteroatoms. The van der Waals surface area contributed by atoms with Crippen LogP contribution < -0.4 is 0 Å². The first-order valence-electron chi connectivity index (χ1n) is 6.42. The number of amides is 1. The van der Waals surface area contributed by atoms with Gasteiger partial charge in [0.1, 0.15) is 0 Å². The molecular formula is C12H22N2O4S. The molecule has 1 fully saturated rings. The van der Waals surface area contributed by atoms with Gasteiger partial charge in [-0.3, -0.25) is 14.5 Å². The van der Waals surface area contributed by atoms with Crippen molar-refractivity contribution in [2.75, 3.05) is 57.9 Å². The summed E-state index contributed by atoms with van der Waals surface area (Å²) < 4.78 is 5.05. The van der Waals surface area contributed by atoms with E-state index in [1.165, 1.54) is 0 Å². The number of carboxylic acid groups (broad SMARTS) is 1. The van der Waals surface area contributed by atoms with E-state index in [0.717, 1.165) is 50.9 Å². The smallest absolute Gasteiger partial charge is 0.313 e. The van der Waals surface area contributed by atoms with E-state index in [0.29, 0.717) is 6.61 Å². The standard InChI is InChI=1S/C12H22N2O4S/c1-18-8-7-13-3-2-4-14(6-5-13)11(15)9-19-10-12(16)17/h2-10H2,1H3,(H,16,17). The van der Waals surface area contributed by atoms with Crippen LogP contribution in [0.5, 0.6) is 0 Å². The number of aliphatic carboxylic acids is 1. The van der Waals surface area contributed by atoms with E-state index < -0.39 is 5.97 Å². The van der Waals surface area contributed by atoms with Gasteiger partial charge in [-0.25, -0.2) is 0 Å². The van der Waals surface area contributed by atoms with Gasteiger partial charge in [0.15, 0.2) is 0 Å². The minimum atomic E-state index is -0.876. The number of rotatable bonds is 7. The molecule has 0 aliphatic carbocycles. The highest BCUT2D eigenvalue weighted by Gasteiger charge is 2.18. The molecule has 1 rings (SSSR count). The lowest BCUT2D eigenvalue weighted by molar-refractivity contribution is -0.133. The molecule has 110 valence electrons. The average Bonchev–Trinajstić information content (AvgIpc) is 2.61. The first-order chi connectivity index (χ1) is 9.13. The summed E-state index contributed by atoms with van der Waals surface area (Å²) in [7, 11) is 1.69. The van der Waals surface area contributed by atoms with Crippen LogP contribution in [0, 0.1) is 0 Å². The van der Waals surface area contributed by atoms with Crippen LogP contribution in [-0.4, -0.2) is 84.7 Å². The molecule has 0 saturated carbocycles. The molecule has 1 saturated heterocycles. The second kappa shape index (κ2) is 9.17. The Morgan fingerprint density at radius 3 is 2.68 bits per heavy atom. The summed E-state index contributed by atoms with van der Waals surface area (Å²) in [6.07, 6.45) is 0.957. The van der Waals surface area contributed by atoms with Crippen LogP contribution in [0.15, 0.2) is 0 Å².